The van der Waals surface area contributed by atoms with E-state index in [1.165, 1.54) is 6.92 Å². The average molecular weight is 203 g/mol. The van der Waals surface area contributed by atoms with Gasteiger partial charge in [0.2, 0.25) is 5.91 Å². The highest BCUT2D eigenvalue weighted by atomic mass is 16.3. The fourth-order valence-electron chi connectivity index (χ4n) is 0.742. The predicted molar refractivity (Wildman–Crippen MR) is 51.1 cm³/mol. The minimum Gasteiger partial charge on any atom is -0.394 e. The molecule has 0 aliphatic carbocycles. The van der Waals surface area contributed by atoms with Crippen LogP contribution in [-0.2, 0) is 9.59 Å². The maximum Gasteiger partial charge on any atom is 0.259 e. The third-order valence-electron chi connectivity index (χ3n) is 1.36. The summed E-state index contributed by atoms with van der Waals surface area (Å²) in [7, 11) is 0. The molecule has 0 aromatic carbocycles. The fraction of sp³-hybridized carbons (Fsp3) is 0.750. The third-order valence-corrected chi connectivity index (χ3v) is 1.36. The van der Waals surface area contributed by atoms with Crippen molar-refractivity contribution in [2.24, 2.45) is 0 Å². The minimum atomic E-state index is -0.904. The molecule has 0 saturated heterocycles. The molecule has 0 aliphatic rings. The zero-order valence-corrected chi connectivity index (χ0v) is 8.63. The van der Waals surface area contributed by atoms with Crippen LogP contribution in [0.1, 0.15) is 20.8 Å². The van der Waals surface area contributed by atoms with Crippen molar-refractivity contribution in [3.05, 3.63) is 0 Å². The first kappa shape index (κ1) is 12.9. The number of rotatable bonds is 5. The lowest BCUT2D eigenvalue weighted by Crippen LogP contribution is -2.53. The number of aliphatic hydroxyl groups excluding tert-OH is 1. The molecule has 4 N–H and O–H groups in total. The first-order chi connectivity index (χ1) is 6.47. The maximum absolute atomic E-state index is 11.3. The van der Waals surface area contributed by atoms with Gasteiger partial charge in [0.15, 0.2) is 0 Å². The summed E-state index contributed by atoms with van der Waals surface area (Å²) in [6.45, 7) is 4.57. The summed E-state index contributed by atoms with van der Waals surface area (Å²) in [5.74, 6) is -0.819. The van der Waals surface area contributed by atoms with Crippen LogP contribution in [0.3, 0.4) is 0 Å². The largest absolute Gasteiger partial charge is 0.394 e. The number of amides is 2. The van der Waals surface area contributed by atoms with E-state index in [1.54, 1.807) is 0 Å². The van der Waals surface area contributed by atoms with E-state index in [0.717, 1.165) is 0 Å². The second-order valence-electron chi connectivity index (χ2n) is 3.22. The summed E-state index contributed by atoms with van der Waals surface area (Å²) in [6, 6.07) is -0.811. The van der Waals surface area contributed by atoms with Crippen LogP contribution in [0.15, 0.2) is 0 Å². The van der Waals surface area contributed by atoms with Gasteiger partial charge in [-0.2, -0.15) is 0 Å². The van der Waals surface area contributed by atoms with Crippen molar-refractivity contribution in [2.45, 2.75) is 32.9 Å². The van der Waals surface area contributed by atoms with Crippen LogP contribution in [-0.4, -0.2) is 35.6 Å². The molecule has 0 heterocycles. The van der Waals surface area contributed by atoms with Gasteiger partial charge >= 0.3 is 0 Å². The van der Waals surface area contributed by atoms with E-state index in [1.807, 2.05) is 13.8 Å². The smallest absolute Gasteiger partial charge is 0.259 e. The Morgan fingerprint density at radius 2 is 1.93 bits per heavy atom. The standard InChI is InChI=1S/C8H17N3O3/c1-5(2)10-11-8(14)7(4-12)9-6(3)13/h5,7,10,12H,4H2,1-3H3,(H,9,13)(H,11,14). The molecule has 0 aromatic heterocycles. The van der Waals surface area contributed by atoms with Crippen LogP contribution in [0, 0.1) is 0 Å². The van der Waals surface area contributed by atoms with Gasteiger partial charge in [-0.15, -0.1) is 0 Å². The number of carbonyl (C=O) groups excluding carboxylic acids is 2. The number of hydrogen-bond acceptors (Lipinski definition) is 4. The summed E-state index contributed by atoms with van der Waals surface area (Å²) < 4.78 is 0. The molecule has 0 aromatic rings. The molecular formula is C8H17N3O3. The van der Waals surface area contributed by atoms with Gasteiger partial charge in [0, 0.05) is 13.0 Å². The molecular weight excluding hydrogens is 186 g/mol. The van der Waals surface area contributed by atoms with Crippen LogP contribution in [0.25, 0.3) is 0 Å². The normalized spacial score (nSPS) is 12.4. The van der Waals surface area contributed by atoms with Crippen molar-refractivity contribution in [3.8, 4) is 0 Å². The zero-order chi connectivity index (χ0) is 11.1. The van der Waals surface area contributed by atoms with Crippen LogP contribution >= 0.6 is 0 Å². The van der Waals surface area contributed by atoms with Gasteiger partial charge in [0.1, 0.15) is 6.04 Å². The third kappa shape index (κ3) is 5.50. The maximum atomic E-state index is 11.3. The quantitative estimate of drug-likeness (QED) is 0.410. The van der Waals surface area contributed by atoms with Gasteiger partial charge in [-0.3, -0.25) is 15.0 Å². The van der Waals surface area contributed by atoms with Gasteiger partial charge in [-0.1, -0.05) is 0 Å². The van der Waals surface area contributed by atoms with E-state index in [0.29, 0.717) is 0 Å². The van der Waals surface area contributed by atoms with Crippen LogP contribution in [0.2, 0.25) is 0 Å². The highest BCUT2D eigenvalue weighted by Crippen LogP contribution is 1.82. The Bertz CT molecular complexity index is 206. The summed E-state index contributed by atoms with van der Waals surface area (Å²) in [5.41, 5.74) is 5.05. The SMILES string of the molecule is CC(=O)NC(CO)C(=O)NNC(C)C. The second kappa shape index (κ2) is 6.33. The highest BCUT2D eigenvalue weighted by molar-refractivity contribution is 5.86. The van der Waals surface area contributed by atoms with Gasteiger partial charge in [-0.05, 0) is 13.8 Å². The molecule has 1 unspecified atom stereocenters. The summed E-state index contributed by atoms with van der Waals surface area (Å²) in [5, 5.41) is 11.1. The lowest BCUT2D eigenvalue weighted by molar-refractivity contribution is -0.129. The molecule has 0 rings (SSSR count). The van der Waals surface area contributed by atoms with E-state index in [2.05, 4.69) is 16.2 Å². The van der Waals surface area contributed by atoms with Gasteiger partial charge in [0.25, 0.3) is 5.91 Å². The number of hydrogen-bond donors (Lipinski definition) is 4. The fourth-order valence-corrected chi connectivity index (χ4v) is 0.742. The van der Waals surface area contributed by atoms with E-state index >= 15 is 0 Å². The molecule has 0 spiro atoms. The number of carbonyl (C=O) groups is 2. The molecule has 0 saturated carbocycles. The van der Waals surface area contributed by atoms with E-state index in [4.69, 9.17) is 5.11 Å². The Labute approximate surface area is 83.0 Å². The average Bonchev–Trinajstić information content (AvgIpc) is 2.09. The molecule has 2 amide bonds. The summed E-state index contributed by atoms with van der Waals surface area (Å²) in [4.78, 5) is 21.9. The van der Waals surface area contributed by atoms with E-state index in [9.17, 15) is 9.59 Å². The van der Waals surface area contributed by atoms with E-state index < -0.39 is 18.6 Å². The van der Waals surface area contributed by atoms with Crippen molar-refractivity contribution in [2.75, 3.05) is 6.61 Å². The van der Waals surface area contributed by atoms with Crippen molar-refractivity contribution in [3.63, 3.8) is 0 Å². The Balaban J connectivity index is 3.98. The Morgan fingerprint density at radius 1 is 1.36 bits per heavy atom. The molecule has 6 heteroatoms. The lowest BCUT2D eigenvalue weighted by atomic mass is 10.3. The number of hydrazine groups is 1. The molecule has 6 nitrogen and oxygen atoms in total. The molecule has 14 heavy (non-hydrogen) atoms. The molecule has 0 aliphatic heterocycles. The topological polar surface area (TPSA) is 90.5 Å². The second-order valence-corrected chi connectivity index (χ2v) is 3.22. The predicted octanol–water partition coefficient (Wildman–Crippen LogP) is -1.49. The summed E-state index contributed by atoms with van der Waals surface area (Å²) in [6.07, 6.45) is 0. The molecule has 82 valence electrons. The number of aliphatic hydroxyl groups is 1. The van der Waals surface area contributed by atoms with Crippen LogP contribution in [0.5, 0.6) is 0 Å². The Hall–Kier alpha value is -1.14. The van der Waals surface area contributed by atoms with Crippen molar-refractivity contribution in [1.82, 2.24) is 16.2 Å². The van der Waals surface area contributed by atoms with Crippen molar-refractivity contribution < 1.29 is 14.7 Å². The van der Waals surface area contributed by atoms with Gasteiger partial charge in [0.05, 0.1) is 6.61 Å². The lowest BCUT2D eigenvalue weighted by Gasteiger charge is -2.16. The molecule has 1 atom stereocenters. The van der Waals surface area contributed by atoms with E-state index in [-0.39, 0.29) is 11.9 Å². The first-order valence-corrected chi connectivity index (χ1v) is 4.40. The minimum absolute atomic E-state index is 0.0932. The van der Waals surface area contributed by atoms with Gasteiger partial charge < -0.3 is 10.4 Å². The molecule has 0 radical (unpaired) electrons. The number of nitrogens with one attached hydrogen (secondary N) is 3. The molecule has 0 fully saturated rings. The zero-order valence-electron chi connectivity index (χ0n) is 8.63. The monoisotopic (exact) mass is 203 g/mol. The first-order valence-electron chi connectivity index (χ1n) is 4.40. The Kier molecular flexibility index (Phi) is 5.82. The van der Waals surface area contributed by atoms with Crippen LogP contribution < -0.4 is 16.2 Å². The Morgan fingerprint density at radius 3 is 2.29 bits per heavy atom. The van der Waals surface area contributed by atoms with Gasteiger partial charge in [-0.25, -0.2) is 5.43 Å². The van der Waals surface area contributed by atoms with Crippen LogP contribution in [0.4, 0.5) is 0 Å². The summed E-state index contributed by atoms with van der Waals surface area (Å²) >= 11 is 0. The highest BCUT2D eigenvalue weighted by Gasteiger charge is 2.17. The molecule has 0 bridgehead atoms. The van der Waals surface area contributed by atoms with Crippen molar-refractivity contribution in [1.29, 1.82) is 0 Å². The van der Waals surface area contributed by atoms with Crippen molar-refractivity contribution >= 4 is 11.8 Å².